The molecular weight excluding hydrogens is 214 g/mol. The van der Waals surface area contributed by atoms with Crippen LogP contribution in [0.2, 0.25) is 0 Å². The number of nitrogens with zero attached hydrogens (tertiary/aromatic N) is 3. The van der Waals surface area contributed by atoms with Crippen LogP contribution in [0.3, 0.4) is 0 Å². The fraction of sp³-hybridized carbons (Fsp3) is 0.400. The molecule has 0 bridgehead atoms. The fourth-order valence-electron chi connectivity index (χ4n) is 1.42. The summed E-state index contributed by atoms with van der Waals surface area (Å²) in [5, 5.41) is 4.07. The van der Waals surface area contributed by atoms with E-state index in [0.717, 1.165) is 23.4 Å². The molecule has 80 valence electrons. The molecule has 0 saturated carbocycles. The van der Waals surface area contributed by atoms with Crippen molar-refractivity contribution in [3.8, 4) is 11.5 Å². The molecule has 0 aliphatic carbocycles. The summed E-state index contributed by atoms with van der Waals surface area (Å²) in [5.41, 5.74) is 1.80. The third kappa shape index (κ3) is 1.90. The molecule has 5 heteroatoms. The van der Waals surface area contributed by atoms with Gasteiger partial charge in [-0.2, -0.15) is 5.10 Å². The summed E-state index contributed by atoms with van der Waals surface area (Å²) in [7, 11) is 1.86. The molecule has 0 unspecified atom stereocenters. The Kier molecular flexibility index (Phi) is 2.77. The van der Waals surface area contributed by atoms with Gasteiger partial charge in [-0.3, -0.25) is 4.68 Å². The summed E-state index contributed by atoms with van der Waals surface area (Å²) in [4.78, 5) is 4.38. The van der Waals surface area contributed by atoms with Crippen molar-refractivity contribution < 1.29 is 4.42 Å². The Morgan fingerprint density at radius 3 is 2.80 bits per heavy atom. The molecule has 0 spiro atoms. The number of oxazole rings is 1. The van der Waals surface area contributed by atoms with Crippen molar-refractivity contribution in [1.29, 1.82) is 0 Å². The molecule has 0 amide bonds. The first-order chi connectivity index (χ1) is 7.24. The van der Waals surface area contributed by atoms with E-state index in [0.29, 0.717) is 11.8 Å². The number of aromatic nitrogens is 3. The molecule has 0 aliphatic heterocycles. The van der Waals surface area contributed by atoms with Crippen molar-refractivity contribution in [1.82, 2.24) is 14.8 Å². The van der Waals surface area contributed by atoms with Gasteiger partial charge in [-0.1, -0.05) is 6.92 Å². The molecule has 0 fully saturated rings. The Morgan fingerprint density at radius 1 is 1.53 bits per heavy atom. The summed E-state index contributed by atoms with van der Waals surface area (Å²) < 4.78 is 7.27. The topological polar surface area (TPSA) is 43.9 Å². The molecule has 0 aliphatic rings. The van der Waals surface area contributed by atoms with Crippen molar-refractivity contribution in [3.63, 3.8) is 0 Å². The zero-order valence-corrected chi connectivity index (χ0v) is 9.45. The van der Waals surface area contributed by atoms with Crippen LogP contribution < -0.4 is 0 Å². The van der Waals surface area contributed by atoms with E-state index in [1.807, 2.05) is 20.2 Å². The van der Waals surface area contributed by atoms with Crippen LogP contribution >= 0.6 is 11.6 Å². The first-order valence-electron chi connectivity index (χ1n) is 4.78. The summed E-state index contributed by atoms with van der Waals surface area (Å²) in [6.45, 7) is 2.03. The number of rotatable bonds is 3. The van der Waals surface area contributed by atoms with E-state index >= 15 is 0 Å². The summed E-state index contributed by atoms with van der Waals surface area (Å²) in [5.74, 6) is 1.70. The van der Waals surface area contributed by atoms with Gasteiger partial charge in [-0.05, 0) is 6.42 Å². The van der Waals surface area contributed by atoms with E-state index in [4.69, 9.17) is 16.0 Å². The van der Waals surface area contributed by atoms with Gasteiger partial charge in [-0.15, -0.1) is 11.6 Å². The molecular formula is C10H12ClN3O. The van der Waals surface area contributed by atoms with Gasteiger partial charge >= 0.3 is 0 Å². The molecule has 0 atom stereocenters. The van der Waals surface area contributed by atoms with E-state index in [2.05, 4.69) is 10.1 Å². The van der Waals surface area contributed by atoms with Crippen LogP contribution in [0.15, 0.2) is 16.8 Å². The first kappa shape index (κ1) is 10.2. The minimum atomic E-state index is 0.358. The minimum absolute atomic E-state index is 0.358. The van der Waals surface area contributed by atoms with Crippen molar-refractivity contribution in [2.45, 2.75) is 19.2 Å². The molecule has 2 aromatic rings. The Bertz CT molecular complexity index is 439. The van der Waals surface area contributed by atoms with Crippen molar-refractivity contribution in [2.24, 2.45) is 7.05 Å². The normalized spacial score (nSPS) is 10.9. The van der Waals surface area contributed by atoms with Crippen molar-refractivity contribution in [3.05, 3.63) is 23.8 Å². The third-order valence-corrected chi connectivity index (χ3v) is 2.43. The van der Waals surface area contributed by atoms with Crippen molar-refractivity contribution in [2.75, 3.05) is 0 Å². The SMILES string of the molecule is CCc1nc(-c2cnn(C)c2)oc1CCl. The number of aryl methyl sites for hydroxylation is 2. The van der Waals surface area contributed by atoms with E-state index in [9.17, 15) is 0 Å². The monoisotopic (exact) mass is 225 g/mol. The molecule has 15 heavy (non-hydrogen) atoms. The average molecular weight is 226 g/mol. The second kappa shape index (κ2) is 4.06. The van der Waals surface area contributed by atoms with E-state index in [1.54, 1.807) is 10.9 Å². The average Bonchev–Trinajstić information content (AvgIpc) is 2.82. The molecule has 0 saturated heterocycles. The van der Waals surface area contributed by atoms with Crippen LogP contribution in [0.1, 0.15) is 18.4 Å². The Labute approximate surface area is 92.9 Å². The van der Waals surface area contributed by atoms with Gasteiger partial charge < -0.3 is 4.42 Å². The van der Waals surface area contributed by atoms with Gasteiger partial charge in [0.05, 0.1) is 23.3 Å². The minimum Gasteiger partial charge on any atom is -0.439 e. The zero-order valence-electron chi connectivity index (χ0n) is 8.70. The van der Waals surface area contributed by atoms with Gasteiger partial charge in [0.15, 0.2) is 0 Å². The van der Waals surface area contributed by atoms with E-state index in [1.165, 1.54) is 0 Å². The summed E-state index contributed by atoms with van der Waals surface area (Å²) in [6.07, 6.45) is 4.42. The lowest BCUT2D eigenvalue weighted by molar-refractivity contribution is 0.534. The molecule has 4 nitrogen and oxygen atoms in total. The predicted octanol–water partition coefficient (Wildman–Crippen LogP) is 2.38. The molecule has 2 rings (SSSR count). The van der Waals surface area contributed by atoms with Crippen LogP contribution in [0, 0.1) is 0 Å². The molecule has 2 heterocycles. The lowest BCUT2D eigenvalue weighted by Crippen LogP contribution is -1.85. The van der Waals surface area contributed by atoms with Crippen LogP contribution in [-0.2, 0) is 19.3 Å². The lowest BCUT2D eigenvalue weighted by atomic mass is 10.3. The Morgan fingerprint density at radius 2 is 2.33 bits per heavy atom. The summed E-state index contributed by atoms with van der Waals surface area (Å²) in [6, 6.07) is 0. The summed E-state index contributed by atoms with van der Waals surface area (Å²) >= 11 is 5.76. The maximum absolute atomic E-state index is 5.76. The first-order valence-corrected chi connectivity index (χ1v) is 5.31. The van der Waals surface area contributed by atoms with Crippen LogP contribution in [0.5, 0.6) is 0 Å². The quantitative estimate of drug-likeness (QED) is 0.754. The molecule has 2 aromatic heterocycles. The van der Waals surface area contributed by atoms with E-state index < -0.39 is 0 Å². The van der Waals surface area contributed by atoms with E-state index in [-0.39, 0.29) is 0 Å². The van der Waals surface area contributed by atoms with Gasteiger partial charge in [0.2, 0.25) is 5.89 Å². The number of halogens is 1. The van der Waals surface area contributed by atoms with Gasteiger partial charge in [0.1, 0.15) is 5.76 Å². The van der Waals surface area contributed by atoms with Gasteiger partial charge in [0, 0.05) is 13.2 Å². The Balaban J connectivity index is 2.41. The van der Waals surface area contributed by atoms with Crippen LogP contribution in [0.25, 0.3) is 11.5 Å². The molecule has 0 radical (unpaired) electrons. The highest BCUT2D eigenvalue weighted by atomic mass is 35.5. The smallest absolute Gasteiger partial charge is 0.229 e. The standard InChI is InChI=1S/C10H12ClN3O/c1-3-8-9(4-11)15-10(13-8)7-5-12-14(2)6-7/h5-6H,3-4H2,1-2H3. The van der Waals surface area contributed by atoms with Crippen LogP contribution in [-0.4, -0.2) is 14.8 Å². The maximum Gasteiger partial charge on any atom is 0.229 e. The highest BCUT2D eigenvalue weighted by Crippen LogP contribution is 2.22. The maximum atomic E-state index is 5.76. The third-order valence-electron chi connectivity index (χ3n) is 2.19. The van der Waals surface area contributed by atoms with Crippen molar-refractivity contribution >= 4 is 11.6 Å². The Hall–Kier alpha value is -1.29. The highest BCUT2D eigenvalue weighted by Gasteiger charge is 2.13. The molecule has 0 aromatic carbocycles. The largest absolute Gasteiger partial charge is 0.439 e. The van der Waals surface area contributed by atoms with Crippen LogP contribution in [0.4, 0.5) is 0 Å². The van der Waals surface area contributed by atoms with Gasteiger partial charge in [0.25, 0.3) is 0 Å². The predicted molar refractivity (Wildman–Crippen MR) is 57.6 cm³/mol. The lowest BCUT2D eigenvalue weighted by Gasteiger charge is -1.88. The highest BCUT2D eigenvalue weighted by molar-refractivity contribution is 6.16. The number of hydrogen-bond donors (Lipinski definition) is 0. The second-order valence-corrected chi connectivity index (χ2v) is 3.55. The number of hydrogen-bond acceptors (Lipinski definition) is 3. The number of alkyl halides is 1. The van der Waals surface area contributed by atoms with Gasteiger partial charge in [-0.25, -0.2) is 4.98 Å². The fourth-order valence-corrected chi connectivity index (χ4v) is 1.63. The zero-order chi connectivity index (χ0) is 10.8. The molecule has 0 N–H and O–H groups in total. The second-order valence-electron chi connectivity index (χ2n) is 3.28.